The SMILES string of the molecule is COc1ccc(-c2nnc(C3CCCN(C(=O)Nc4cccs4)C3)s2)cc1. The number of anilines is 1. The van der Waals surface area contributed by atoms with Gasteiger partial charge < -0.3 is 9.64 Å². The summed E-state index contributed by atoms with van der Waals surface area (Å²) in [6.45, 7) is 1.45. The Morgan fingerprint density at radius 3 is 2.85 bits per heavy atom. The van der Waals surface area contributed by atoms with Crippen molar-refractivity contribution in [3.05, 3.63) is 46.8 Å². The number of thiophene rings is 1. The Hall–Kier alpha value is -2.45. The summed E-state index contributed by atoms with van der Waals surface area (Å²) in [7, 11) is 1.65. The second kappa shape index (κ2) is 8.06. The number of nitrogens with zero attached hydrogens (tertiary/aromatic N) is 3. The van der Waals surface area contributed by atoms with E-state index < -0.39 is 0 Å². The van der Waals surface area contributed by atoms with Crippen molar-refractivity contribution in [2.75, 3.05) is 25.5 Å². The smallest absolute Gasteiger partial charge is 0.322 e. The molecule has 0 bridgehead atoms. The number of rotatable bonds is 4. The van der Waals surface area contributed by atoms with Gasteiger partial charge in [-0.1, -0.05) is 11.3 Å². The zero-order chi connectivity index (χ0) is 18.6. The first-order valence-electron chi connectivity index (χ1n) is 8.80. The predicted molar refractivity (Wildman–Crippen MR) is 109 cm³/mol. The Labute approximate surface area is 165 Å². The summed E-state index contributed by atoms with van der Waals surface area (Å²) in [5.41, 5.74) is 1.03. The van der Waals surface area contributed by atoms with Crippen molar-refractivity contribution in [1.29, 1.82) is 0 Å². The highest BCUT2D eigenvalue weighted by Crippen LogP contribution is 2.33. The van der Waals surface area contributed by atoms with Crippen molar-refractivity contribution < 1.29 is 9.53 Å². The van der Waals surface area contributed by atoms with Crippen molar-refractivity contribution in [3.8, 4) is 16.3 Å². The maximum atomic E-state index is 12.5. The maximum Gasteiger partial charge on any atom is 0.322 e. The Morgan fingerprint density at radius 1 is 1.26 bits per heavy atom. The van der Waals surface area contributed by atoms with Gasteiger partial charge in [-0.2, -0.15) is 0 Å². The van der Waals surface area contributed by atoms with E-state index in [9.17, 15) is 4.79 Å². The zero-order valence-corrected chi connectivity index (χ0v) is 16.6. The number of carbonyl (C=O) groups excluding carboxylic acids is 1. The standard InChI is InChI=1S/C19H20N4O2S2/c1-25-15-8-6-13(7-9-15)17-21-22-18(27-17)14-4-2-10-23(12-14)19(24)20-16-5-3-11-26-16/h3,5-9,11,14H,2,4,10,12H2,1H3,(H,20,24). The number of ether oxygens (including phenoxy) is 1. The molecule has 27 heavy (non-hydrogen) atoms. The van der Waals surface area contributed by atoms with Gasteiger partial charge >= 0.3 is 6.03 Å². The van der Waals surface area contributed by atoms with Crippen LogP contribution in [0, 0.1) is 0 Å². The van der Waals surface area contributed by atoms with Crippen LogP contribution < -0.4 is 10.1 Å². The van der Waals surface area contributed by atoms with Crippen LogP contribution in [-0.2, 0) is 0 Å². The first kappa shape index (κ1) is 17.9. The molecule has 1 fully saturated rings. The molecule has 0 radical (unpaired) electrons. The van der Waals surface area contributed by atoms with Gasteiger partial charge in [0.05, 0.1) is 12.1 Å². The first-order chi connectivity index (χ1) is 13.2. The largest absolute Gasteiger partial charge is 0.497 e. The zero-order valence-electron chi connectivity index (χ0n) is 14.9. The van der Waals surface area contributed by atoms with Gasteiger partial charge in [-0.25, -0.2) is 4.79 Å². The molecular formula is C19H20N4O2S2. The Morgan fingerprint density at radius 2 is 2.11 bits per heavy atom. The topological polar surface area (TPSA) is 67.4 Å². The van der Waals surface area contributed by atoms with Crippen LogP contribution in [0.1, 0.15) is 23.8 Å². The lowest BCUT2D eigenvalue weighted by molar-refractivity contribution is 0.192. The van der Waals surface area contributed by atoms with E-state index in [2.05, 4.69) is 15.5 Å². The van der Waals surface area contributed by atoms with Crippen molar-refractivity contribution in [2.45, 2.75) is 18.8 Å². The summed E-state index contributed by atoms with van der Waals surface area (Å²) < 4.78 is 5.20. The molecule has 1 aliphatic heterocycles. The van der Waals surface area contributed by atoms with Crippen molar-refractivity contribution >= 4 is 33.7 Å². The number of amides is 2. The molecule has 0 aliphatic carbocycles. The number of aromatic nitrogens is 2. The fourth-order valence-electron chi connectivity index (χ4n) is 3.15. The monoisotopic (exact) mass is 400 g/mol. The summed E-state index contributed by atoms with van der Waals surface area (Å²) in [5.74, 6) is 1.06. The molecule has 2 amide bonds. The second-order valence-electron chi connectivity index (χ2n) is 6.37. The fraction of sp³-hybridized carbons (Fsp3) is 0.316. The van der Waals surface area contributed by atoms with Crippen LogP contribution in [0.3, 0.4) is 0 Å². The van der Waals surface area contributed by atoms with Gasteiger partial charge in [0.2, 0.25) is 0 Å². The highest BCUT2D eigenvalue weighted by Gasteiger charge is 2.27. The molecule has 6 nitrogen and oxygen atoms in total. The van der Waals surface area contributed by atoms with E-state index >= 15 is 0 Å². The van der Waals surface area contributed by atoms with E-state index in [1.54, 1.807) is 18.4 Å². The third kappa shape index (κ3) is 4.12. The lowest BCUT2D eigenvalue weighted by Gasteiger charge is -2.31. The van der Waals surface area contributed by atoms with Crippen LogP contribution in [0.25, 0.3) is 10.6 Å². The number of carbonyl (C=O) groups is 1. The molecule has 0 spiro atoms. The van der Waals surface area contributed by atoms with Crippen LogP contribution in [0.2, 0.25) is 0 Å². The van der Waals surface area contributed by atoms with Crippen molar-refractivity contribution in [3.63, 3.8) is 0 Å². The van der Waals surface area contributed by atoms with E-state index in [0.29, 0.717) is 6.54 Å². The minimum Gasteiger partial charge on any atom is -0.497 e. The first-order valence-corrected chi connectivity index (χ1v) is 10.5. The average Bonchev–Trinajstić information content (AvgIpc) is 3.40. The number of hydrogen-bond acceptors (Lipinski definition) is 6. The van der Waals surface area contributed by atoms with Crippen LogP contribution >= 0.6 is 22.7 Å². The van der Waals surface area contributed by atoms with Gasteiger partial charge in [0.25, 0.3) is 0 Å². The number of methoxy groups -OCH3 is 1. The lowest BCUT2D eigenvalue weighted by atomic mass is 9.99. The van der Waals surface area contributed by atoms with Gasteiger partial charge in [-0.05, 0) is 54.6 Å². The molecule has 140 valence electrons. The molecule has 1 unspecified atom stereocenters. The van der Waals surface area contributed by atoms with Crippen molar-refractivity contribution in [1.82, 2.24) is 15.1 Å². The molecule has 2 aromatic heterocycles. The molecule has 3 heterocycles. The molecule has 0 saturated carbocycles. The van der Waals surface area contributed by atoms with Gasteiger partial charge in [0, 0.05) is 24.6 Å². The summed E-state index contributed by atoms with van der Waals surface area (Å²) in [4.78, 5) is 14.4. The molecule has 1 N–H and O–H groups in total. The molecule has 4 rings (SSSR count). The van der Waals surface area contributed by atoms with Crippen LogP contribution in [0.5, 0.6) is 5.75 Å². The summed E-state index contributed by atoms with van der Waals surface area (Å²) in [6, 6.07) is 11.6. The van der Waals surface area contributed by atoms with E-state index in [4.69, 9.17) is 4.74 Å². The van der Waals surface area contributed by atoms with E-state index in [0.717, 1.165) is 45.7 Å². The Kier molecular flexibility index (Phi) is 5.35. The fourth-order valence-corrected chi connectivity index (χ4v) is 4.73. The highest BCUT2D eigenvalue weighted by molar-refractivity contribution is 7.14. The van der Waals surface area contributed by atoms with Crippen LogP contribution in [-0.4, -0.2) is 41.3 Å². The minimum absolute atomic E-state index is 0.0398. The van der Waals surface area contributed by atoms with Crippen LogP contribution in [0.4, 0.5) is 9.80 Å². The van der Waals surface area contributed by atoms with E-state index in [1.165, 1.54) is 11.3 Å². The average molecular weight is 401 g/mol. The van der Waals surface area contributed by atoms with Gasteiger partial charge in [-0.15, -0.1) is 21.5 Å². The minimum atomic E-state index is -0.0398. The number of benzene rings is 1. The Balaban J connectivity index is 1.43. The second-order valence-corrected chi connectivity index (χ2v) is 8.32. The van der Waals surface area contributed by atoms with E-state index in [-0.39, 0.29) is 11.9 Å². The highest BCUT2D eigenvalue weighted by atomic mass is 32.1. The summed E-state index contributed by atoms with van der Waals surface area (Å²) >= 11 is 3.13. The Bertz CT molecular complexity index is 893. The van der Waals surface area contributed by atoms with Crippen LogP contribution in [0.15, 0.2) is 41.8 Å². The number of urea groups is 1. The lowest BCUT2D eigenvalue weighted by Crippen LogP contribution is -2.41. The third-order valence-electron chi connectivity index (χ3n) is 4.59. The molecule has 1 aliphatic rings. The molecule has 3 aromatic rings. The quantitative estimate of drug-likeness (QED) is 0.690. The molecule has 1 atom stereocenters. The van der Waals surface area contributed by atoms with E-state index in [1.807, 2.05) is 46.7 Å². The van der Waals surface area contributed by atoms with Gasteiger partial charge in [-0.3, -0.25) is 5.32 Å². The summed E-state index contributed by atoms with van der Waals surface area (Å²) in [6.07, 6.45) is 2.00. The molecule has 8 heteroatoms. The van der Waals surface area contributed by atoms with Crippen molar-refractivity contribution in [2.24, 2.45) is 0 Å². The summed E-state index contributed by atoms with van der Waals surface area (Å²) in [5, 5.41) is 16.5. The number of nitrogens with one attached hydrogen (secondary N) is 1. The third-order valence-corrected chi connectivity index (χ3v) is 6.51. The van der Waals surface area contributed by atoms with Gasteiger partial charge in [0.15, 0.2) is 0 Å². The van der Waals surface area contributed by atoms with Gasteiger partial charge in [0.1, 0.15) is 15.8 Å². The molecule has 1 aromatic carbocycles. The maximum absolute atomic E-state index is 12.5. The molecular weight excluding hydrogens is 380 g/mol. The molecule has 1 saturated heterocycles. The number of likely N-dealkylation sites (tertiary alicyclic amines) is 1. The number of hydrogen-bond donors (Lipinski definition) is 1. The predicted octanol–water partition coefficient (Wildman–Crippen LogP) is 4.69. The number of piperidine rings is 1. The normalized spacial score (nSPS) is 16.9.